The van der Waals surface area contributed by atoms with Crippen LogP contribution in [0.1, 0.15) is 9.80 Å². The van der Waals surface area contributed by atoms with E-state index < -0.39 is 6.67 Å². The molecular formula is C6H6BrFN2OS. The van der Waals surface area contributed by atoms with Crippen LogP contribution in [-0.2, 0) is 0 Å². The van der Waals surface area contributed by atoms with Gasteiger partial charge >= 0.3 is 0 Å². The molecule has 0 radical (unpaired) electrons. The highest BCUT2D eigenvalue weighted by atomic mass is 79.9. The van der Waals surface area contributed by atoms with Crippen LogP contribution in [-0.4, -0.2) is 24.1 Å². The molecule has 66 valence electrons. The minimum absolute atomic E-state index is 0.0377. The van der Waals surface area contributed by atoms with Crippen molar-refractivity contribution >= 4 is 33.2 Å². The van der Waals surface area contributed by atoms with Gasteiger partial charge < -0.3 is 5.32 Å². The largest absolute Gasteiger partial charge is 0.347 e. The third-order valence-electron chi connectivity index (χ3n) is 1.05. The van der Waals surface area contributed by atoms with E-state index in [1.165, 1.54) is 11.3 Å². The molecule has 3 nitrogen and oxygen atoms in total. The topological polar surface area (TPSA) is 42.0 Å². The van der Waals surface area contributed by atoms with Crippen molar-refractivity contribution in [1.29, 1.82) is 0 Å². The third-order valence-corrected chi connectivity index (χ3v) is 2.60. The standard InChI is InChI=1S/C6H6BrFN2OS/c7-4-3-12-6(10-4)5(11)9-2-1-8/h3H,1-2H2,(H,9,11). The van der Waals surface area contributed by atoms with Crippen LogP contribution in [0.3, 0.4) is 0 Å². The summed E-state index contributed by atoms with van der Waals surface area (Å²) < 4.78 is 12.3. The molecule has 1 N–H and O–H groups in total. The number of nitrogens with zero attached hydrogens (tertiary/aromatic N) is 1. The van der Waals surface area contributed by atoms with Crippen LogP contribution < -0.4 is 5.32 Å². The molecule has 0 saturated heterocycles. The maximum atomic E-state index is 11.6. The van der Waals surface area contributed by atoms with E-state index in [9.17, 15) is 9.18 Å². The fraction of sp³-hybridized carbons (Fsp3) is 0.333. The fourth-order valence-corrected chi connectivity index (χ4v) is 1.76. The average molecular weight is 253 g/mol. The van der Waals surface area contributed by atoms with Gasteiger partial charge in [0.15, 0.2) is 5.01 Å². The molecule has 0 aliphatic rings. The van der Waals surface area contributed by atoms with Crippen molar-refractivity contribution < 1.29 is 9.18 Å². The number of hydrogen-bond donors (Lipinski definition) is 1. The zero-order valence-electron chi connectivity index (χ0n) is 6.01. The highest BCUT2D eigenvalue weighted by Gasteiger charge is 2.08. The Bertz CT molecular complexity index is 278. The molecule has 1 aromatic heterocycles. The Balaban J connectivity index is 2.53. The maximum absolute atomic E-state index is 11.6. The maximum Gasteiger partial charge on any atom is 0.280 e. The van der Waals surface area contributed by atoms with Gasteiger partial charge in [-0.3, -0.25) is 4.79 Å². The molecule has 0 atom stereocenters. The van der Waals surface area contributed by atoms with Crippen molar-refractivity contribution in [1.82, 2.24) is 10.3 Å². The molecule has 0 aliphatic carbocycles. The summed E-state index contributed by atoms with van der Waals surface area (Å²) >= 11 is 4.33. The zero-order chi connectivity index (χ0) is 8.97. The summed E-state index contributed by atoms with van der Waals surface area (Å²) in [6, 6.07) is 0. The molecule has 12 heavy (non-hydrogen) atoms. The van der Waals surface area contributed by atoms with Crippen LogP contribution in [0.25, 0.3) is 0 Å². The Morgan fingerprint density at radius 3 is 3.08 bits per heavy atom. The predicted octanol–water partition coefficient (Wildman–Crippen LogP) is 1.60. The second-order valence-corrected chi connectivity index (χ2v) is 3.59. The van der Waals surface area contributed by atoms with E-state index in [0.29, 0.717) is 9.61 Å². The summed E-state index contributed by atoms with van der Waals surface area (Å²) in [4.78, 5) is 14.9. The first-order valence-electron chi connectivity index (χ1n) is 3.19. The number of thiazole rings is 1. The number of carbonyl (C=O) groups excluding carboxylic acids is 1. The monoisotopic (exact) mass is 252 g/mol. The summed E-state index contributed by atoms with van der Waals surface area (Å²) in [5.74, 6) is -0.330. The van der Waals surface area contributed by atoms with Gasteiger partial charge in [-0.25, -0.2) is 9.37 Å². The van der Waals surface area contributed by atoms with Crippen molar-refractivity contribution in [2.75, 3.05) is 13.2 Å². The Labute approximate surface area is 81.1 Å². The minimum Gasteiger partial charge on any atom is -0.347 e. The van der Waals surface area contributed by atoms with E-state index in [-0.39, 0.29) is 12.5 Å². The van der Waals surface area contributed by atoms with Gasteiger partial charge in [0.05, 0.1) is 0 Å². The van der Waals surface area contributed by atoms with E-state index in [2.05, 4.69) is 26.2 Å². The van der Waals surface area contributed by atoms with Crippen LogP contribution >= 0.6 is 27.3 Å². The summed E-state index contributed by atoms with van der Waals surface area (Å²) in [6.45, 7) is -0.520. The van der Waals surface area contributed by atoms with Crippen LogP contribution in [0.4, 0.5) is 4.39 Å². The smallest absolute Gasteiger partial charge is 0.280 e. The van der Waals surface area contributed by atoms with Crippen molar-refractivity contribution in [3.8, 4) is 0 Å². The molecule has 0 aromatic carbocycles. The summed E-state index contributed by atoms with van der Waals surface area (Å²) in [7, 11) is 0. The van der Waals surface area contributed by atoms with E-state index in [1.54, 1.807) is 5.38 Å². The van der Waals surface area contributed by atoms with Crippen molar-refractivity contribution in [2.24, 2.45) is 0 Å². The van der Waals surface area contributed by atoms with Crippen LogP contribution in [0.5, 0.6) is 0 Å². The molecule has 1 heterocycles. The molecule has 0 bridgehead atoms. The summed E-state index contributed by atoms with van der Waals surface area (Å²) in [5, 5.41) is 4.42. The molecule has 0 unspecified atom stereocenters. The number of halogens is 2. The Kier molecular flexibility index (Phi) is 3.61. The average Bonchev–Trinajstić information content (AvgIpc) is 2.47. The first-order valence-corrected chi connectivity index (χ1v) is 4.86. The third kappa shape index (κ3) is 2.53. The fourth-order valence-electron chi connectivity index (χ4n) is 0.595. The molecule has 6 heteroatoms. The lowest BCUT2D eigenvalue weighted by atomic mass is 10.6. The van der Waals surface area contributed by atoms with Crippen molar-refractivity contribution in [3.63, 3.8) is 0 Å². The summed E-state index contributed by atoms with van der Waals surface area (Å²) in [6.07, 6.45) is 0. The highest BCUT2D eigenvalue weighted by molar-refractivity contribution is 9.10. The number of rotatable bonds is 3. The van der Waals surface area contributed by atoms with Gasteiger partial charge in [0.25, 0.3) is 5.91 Å². The summed E-state index contributed by atoms with van der Waals surface area (Å²) in [5.41, 5.74) is 0. The van der Waals surface area contributed by atoms with E-state index >= 15 is 0 Å². The predicted molar refractivity (Wildman–Crippen MR) is 48.1 cm³/mol. The van der Waals surface area contributed by atoms with Crippen molar-refractivity contribution in [2.45, 2.75) is 0 Å². The number of alkyl halides is 1. The lowest BCUT2D eigenvalue weighted by molar-refractivity contribution is 0.0950. The van der Waals surface area contributed by atoms with Gasteiger partial charge in [0, 0.05) is 11.9 Å². The number of aromatic nitrogens is 1. The minimum atomic E-state index is -0.557. The second kappa shape index (κ2) is 4.51. The van der Waals surface area contributed by atoms with E-state index in [4.69, 9.17) is 0 Å². The first-order chi connectivity index (χ1) is 5.74. The molecule has 0 aliphatic heterocycles. The van der Waals surface area contributed by atoms with Gasteiger partial charge in [-0.15, -0.1) is 11.3 Å². The SMILES string of the molecule is O=C(NCCF)c1nc(Br)cs1. The molecule has 1 amide bonds. The molecule has 1 aromatic rings. The number of nitrogens with one attached hydrogen (secondary N) is 1. The Morgan fingerprint density at radius 1 is 1.83 bits per heavy atom. The quantitative estimate of drug-likeness (QED) is 0.889. The highest BCUT2D eigenvalue weighted by Crippen LogP contribution is 2.14. The number of amides is 1. The molecule has 0 fully saturated rings. The van der Waals surface area contributed by atoms with E-state index in [0.717, 1.165) is 0 Å². The number of carbonyl (C=O) groups is 1. The van der Waals surface area contributed by atoms with Crippen LogP contribution in [0.2, 0.25) is 0 Å². The van der Waals surface area contributed by atoms with Gasteiger partial charge in [0.1, 0.15) is 11.3 Å². The van der Waals surface area contributed by atoms with Gasteiger partial charge in [-0.2, -0.15) is 0 Å². The zero-order valence-corrected chi connectivity index (χ0v) is 8.41. The molecule has 1 rings (SSSR count). The lowest BCUT2D eigenvalue weighted by Gasteiger charge is -1.96. The van der Waals surface area contributed by atoms with E-state index in [1.807, 2.05) is 0 Å². The molecule has 0 spiro atoms. The Hall–Kier alpha value is -0.490. The Morgan fingerprint density at radius 2 is 2.58 bits per heavy atom. The second-order valence-electron chi connectivity index (χ2n) is 1.92. The van der Waals surface area contributed by atoms with Crippen molar-refractivity contribution in [3.05, 3.63) is 15.0 Å². The van der Waals surface area contributed by atoms with Gasteiger partial charge in [-0.05, 0) is 15.9 Å². The normalized spacial score (nSPS) is 9.83. The van der Waals surface area contributed by atoms with Crippen LogP contribution in [0, 0.1) is 0 Å². The number of hydrogen-bond acceptors (Lipinski definition) is 3. The molecular weight excluding hydrogens is 247 g/mol. The lowest BCUT2D eigenvalue weighted by Crippen LogP contribution is -2.25. The first kappa shape index (κ1) is 9.60. The van der Waals surface area contributed by atoms with Crippen LogP contribution in [0.15, 0.2) is 9.98 Å². The molecule has 0 saturated carbocycles. The van der Waals surface area contributed by atoms with Gasteiger partial charge in [-0.1, -0.05) is 0 Å². The van der Waals surface area contributed by atoms with Gasteiger partial charge in [0.2, 0.25) is 0 Å².